The van der Waals surface area contributed by atoms with Crippen LogP contribution < -0.4 is 0 Å². The number of fused-ring (bicyclic) bond motifs is 1. The molecule has 2 fully saturated rings. The number of ketones is 2. The molecule has 3 nitrogen and oxygen atoms in total. The number of carbonyl (C=O) groups excluding carboxylic acids is 2. The molecule has 0 aromatic carbocycles. The average molecular weight is 222 g/mol. The fourth-order valence-corrected chi connectivity index (χ4v) is 3.04. The van der Waals surface area contributed by atoms with Gasteiger partial charge >= 0.3 is 0 Å². The van der Waals surface area contributed by atoms with Gasteiger partial charge in [0.05, 0.1) is 6.61 Å². The van der Waals surface area contributed by atoms with E-state index in [4.69, 9.17) is 4.74 Å². The molecule has 2 saturated carbocycles. The maximum atomic E-state index is 11.9. The number of rotatable bonds is 3. The Morgan fingerprint density at radius 1 is 1.50 bits per heavy atom. The average Bonchev–Trinajstić information content (AvgIpc) is 2.56. The van der Waals surface area contributed by atoms with Crippen molar-refractivity contribution in [3.63, 3.8) is 0 Å². The molecule has 1 unspecified atom stereocenters. The van der Waals surface area contributed by atoms with Crippen molar-refractivity contribution in [3.8, 4) is 0 Å². The third-order valence-corrected chi connectivity index (χ3v) is 4.10. The molecule has 0 radical (unpaired) electrons. The van der Waals surface area contributed by atoms with Crippen LogP contribution in [0, 0.1) is 11.3 Å². The Kier molecular flexibility index (Phi) is 2.98. The van der Waals surface area contributed by atoms with Gasteiger partial charge in [-0.3, -0.25) is 9.59 Å². The second-order valence-electron chi connectivity index (χ2n) is 4.99. The molecule has 2 aliphatic rings. The monoisotopic (exact) mass is 222 g/mol. The van der Waals surface area contributed by atoms with E-state index in [1.807, 2.05) is 6.92 Å². The minimum Gasteiger partial charge on any atom is -0.366 e. The van der Waals surface area contributed by atoms with Gasteiger partial charge in [-0.15, -0.1) is 6.58 Å². The Balaban J connectivity index is 2.19. The normalized spacial score (nSPS) is 38.6. The zero-order valence-corrected chi connectivity index (χ0v) is 9.70. The van der Waals surface area contributed by atoms with Crippen molar-refractivity contribution >= 4 is 11.6 Å². The lowest BCUT2D eigenvalue weighted by Gasteiger charge is -2.39. The Morgan fingerprint density at radius 3 is 2.94 bits per heavy atom. The highest BCUT2D eigenvalue weighted by atomic mass is 16.5. The zero-order chi connectivity index (χ0) is 11.8. The number of hydrogen-bond donors (Lipinski definition) is 0. The standard InChI is InChI=1S/C13H18O3/c1-3-8-16-12-9-4-5-11(15)13(9,2)7-6-10(12)14/h3,9,12H,1,4-8H2,2H3/t9-,12?,13-/m0/s1. The van der Waals surface area contributed by atoms with Crippen molar-refractivity contribution in [2.75, 3.05) is 6.61 Å². The van der Waals surface area contributed by atoms with E-state index in [-0.39, 0.29) is 23.2 Å². The van der Waals surface area contributed by atoms with E-state index in [2.05, 4.69) is 6.58 Å². The van der Waals surface area contributed by atoms with Gasteiger partial charge in [0.1, 0.15) is 11.9 Å². The largest absolute Gasteiger partial charge is 0.366 e. The third-order valence-electron chi connectivity index (χ3n) is 4.10. The quantitative estimate of drug-likeness (QED) is 0.685. The number of ether oxygens (including phenoxy) is 1. The molecule has 16 heavy (non-hydrogen) atoms. The fourth-order valence-electron chi connectivity index (χ4n) is 3.04. The molecule has 0 heterocycles. The van der Waals surface area contributed by atoms with Crippen molar-refractivity contribution in [3.05, 3.63) is 12.7 Å². The Labute approximate surface area is 95.9 Å². The summed E-state index contributed by atoms with van der Waals surface area (Å²) in [5.74, 6) is 0.539. The lowest BCUT2D eigenvalue weighted by Crippen LogP contribution is -2.46. The molecule has 0 spiro atoms. The highest BCUT2D eigenvalue weighted by Gasteiger charge is 2.54. The molecule has 2 rings (SSSR count). The van der Waals surface area contributed by atoms with Crippen molar-refractivity contribution in [1.82, 2.24) is 0 Å². The molecule has 0 saturated heterocycles. The summed E-state index contributed by atoms with van der Waals surface area (Å²) in [5, 5.41) is 0. The SMILES string of the molecule is C=CCOC1C(=O)CC[C@]2(C)C(=O)CC[C@@H]12. The van der Waals surface area contributed by atoms with Gasteiger partial charge in [0.2, 0.25) is 0 Å². The van der Waals surface area contributed by atoms with Gasteiger partial charge < -0.3 is 4.74 Å². The zero-order valence-electron chi connectivity index (χ0n) is 9.70. The molecule has 0 aromatic rings. The van der Waals surface area contributed by atoms with Gasteiger partial charge in [0, 0.05) is 24.2 Å². The molecule has 2 aliphatic carbocycles. The molecule has 3 heteroatoms. The van der Waals surface area contributed by atoms with Gasteiger partial charge in [0.15, 0.2) is 5.78 Å². The molecule has 3 atom stereocenters. The van der Waals surface area contributed by atoms with Gasteiger partial charge in [-0.05, 0) is 12.8 Å². The minimum atomic E-state index is -0.386. The summed E-state index contributed by atoms with van der Waals surface area (Å²) < 4.78 is 5.55. The molecular formula is C13H18O3. The minimum absolute atomic E-state index is 0.0844. The first kappa shape index (κ1) is 11.5. The van der Waals surface area contributed by atoms with Crippen LogP contribution in [0.4, 0.5) is 0 Å². The van der Waals surface area contributed by atoms with Crippen LogP contribution in [0.15, 0.2) is 12.7 Å². The van der Waals surface area contributed by atoms with Crippen LogP contribution >= 0.6 is 0 Å². The van der Waals surface area contributed by atoms with Gasteiger partial charge in [-0.25, -0.2) is 0 Å². The number of carbonyl (C=O) groups is 2. The summed E-state index contributed by atoms with van der Waals surface area (Å²) in [6, 6.07) is 0. The summed E-state index contributed by atoms with van der Waals surface area (Å²) in [6.45, 7) is 5.96. The van der Waals surface area contributed by atoms with Crippen molar-refractivity contribution < 1.29 is 14.3 Å². The lowest BCUT2D eigenvalue weighted by molar-refractivity contribution is -0.146. The van der Waals surface area contributed by atoms with Crippen LogP contribution in [0.2, 0.25) is 0 Å². The topological polar surface area (TPSA) is 43.4 Å². The van der Waals surface area contributed by atoms with Crippen LogP contribution in [0.3, 0.4) is 0 Å². The Bertz CT molecular complexity index is 334. The van der Waals surface area contributed by atoms with Crippen LogP contribution in [0.1, 0.15) is 32.6 Å². The van der Waals surface area contributed by atoms with E-state index in [0.29, 0.717) is 31.7 Å². The summed E-state index contributed by atoms with van der Waals surface area (Å²) in [5.41, 5.74) is -0.320. The predicted octanol–water partition coefficient (Wildman–Crippen LogP) is 1.91. The van der Waals surface area contributed by atoms with E-state index < -0.39 is 0 Å². The molecule has 0 aromatic heterocycles. The second kappa shape index (κ2) is 4.13. The van der Waals surface area contributed by atoms with E-state index >= 15 is 0 Å². The van der Waals surface area contributed by atoms with Crippen molar-refractivity contribution in [1.29, 1.82) is 0 Å². The summed E-state index contributed by atoms with van der Waals surface area (Å²) in [6.07, 6.45) is 3.83. The molecule has 0 aliphatic heterocycles. The predicted molar refractivity (Wildman–Crippen MR) is 60.0 cm³/mol. The molecule has 88 valence electrons. The first-order valence-corrected chi connectivity index (χ1v) is 5.88. The molecule has 0 amide bonds. The van der Waals surface area contributed by atoms with E-state index in [0.717, 1.165) is 6.42 Å². The molecule has 0 N–H and O–H groups in total. The highest BCUT2D eigenvalue weighted by Crippen LogP contribution is 2.49. The van der Waals surface area contributed by atoms with Gasteiger partial charge in [-0.2, -0.15) is 0 Å². The summed E-state index contributed by atoms with van der Waals surface area (Å²) >= 11 is 0. The first-order chi connectivity index (χ1) is 7.59. The summed E-state index contributed by atoms with van der Waals surface area (Å²) in [7, 11) is 0. The highest BCUT2D eigenvalue weighted by molar-refractivity contribution is 5.93. The van der Waals surface area contributed by atoms with E-state index in [1.165, 1.54) is 0 Å². The molecule has 0 bridgehead atoms. The van der Waals surface area contributed by atoms with Crippen molar-refractivity contribution in [2.24, 2.45) is 11.3 Å². The Hall–Kier alpha value is -0.960. The lowest BCUT2D eigenvalue weighted by atomic mass is 9.67. The van der Waals surface area contributed by atoms with Crippen LogP contribution in [-0.2, 0) is 14.3 Å². The summed E-state index contributed by atoms with van der Waals surface area (Å²) in [4.78, 5) is 23.7. The third kappa shape index (κ3) is 1.63. The second-order valence-corrected chi connectivity index (χ2v) is 4.99. The Morgan fingerprint density at radius 2 is 2.25 bits per heavy atom. The number of hydrogen-bond acceptors (Lipinski definition) is 3. The maximum Gasteiger partial charge on any atom is 0.161 e. The number of Topliss-reactive ketones (excluding diaryl/α,β-unsaturated/α-hetero) is 2. The van der Waals surface area contributed by atoms with Crippen LogP contribution in [0.5, 0.6) is 0 Å². The van der Waals surface area contributed by atoms with E-state index in [9.17, 15) is 9.59 Å². The van der Waals surface area contributed by atoms with Crippen LogP contribution in [-0.4, -0.2) is 24.3 Å². The first-order valence-electron chi connectivity index (χ1n) is 5.88. The van der Waals surface area contributed by atoms with Gasteiger partial charge in [0.25, 0.3) is 0 Å². The van der Waals surface area contributed by atoms with Crippen molar-refractivity contribution in [2.45, 2.75) is 38.7 Å². The maximum absolute atomic E-state index is 11.9. The molecular weight excluding hydrogens is 204 g/mol. The smallest absolute Gasteiger partial charge is 0.161 e. The fraction of sp³-hybridized carbons (Fsp3) is 0.692. The van der Waals surface area contributed by atoms with E-state index in [1.54, 1.807) is 6.08 Å². The van der Waals surface area contributed by atoms with Gasteiger partial charge in [-0.1, -0.05) is 13.0 Å². The van der Waals surface area contributed by atoms with Crippen LogP contribution in [0.25, 0.3) is 0 Å².